The zero-order valence-corrected chi connectivity index (χ0v) is 16.1. The van der Waals surface area contributed by atoms with Crippen molar-refractivity contribution in [3.8, 4) is 16.9 Å². The lowest BCUT2D eigenvalue weighted by Crippen LogP contribution is -2.46. The van der Waals surface area contributed by atoms with Crippen LogP contribution in [0.4, 0.5) is 0 Å². The van der Waals surface area contributed by atoms with Gasteiger partial charge in [0, 0.05) is 24.2 Å². The standard InChI is InChI=1S/C24H24N2O3/c27-22-12-11-20(18-7-3-1-4-8-18)17-21(22)23(26-13-15-29-16-14-26)25-24(28)19-9-5-2-6-10-19/h1-12,17,23,27H,13-16H2,(H,25,28). The molecule has 1 heterocycles. The van der Waals surface area contributed by atoms with Crippen LogP contribution in [0.3, 0.4) is 0 Å². The van der Waals surface area contributed by atoms with E-state index < -0.39 is 6.17 Å². The minimum Gasteiger partial charge on any atom is -0.508 e. The maximum Gasteiger partial charge on any atom is 0.252 e. The second-order valence-corrected chi connectivity index (χ2v) is 7.03. The molecule has 1 unspecified atom stereocenters. The number of morpholine rings is 1. The first-order valence-corrected chi connectivity index (χ1v) is 9.78. The first kappa shape index (κ1) is 19.2. The molecule has 0 spiro atoms. The fraction of sp³-hybridized carbons (Fsp3) is 0.208. The molecule has 0 saturated carbocycles. The van der Waals surface area contributed by atoms with Gasteiger partial charge in [0.2, 0.25) is 0 Å². The van der Waals surface area contributed by atoms with Crippen molar-refractivity contribution in [3.63, 3.8) is 0 Å². The molecule has 5 nitrogen and oxygen atoms in total. The molecule has 4 rings (SSSR count). The Labute approximate surface area is 170 Å². The number of rotatable bonds is 5. The summed E-state index contributed by atoms with van der Waals surface area (Å²) in [6.45, 7) is 2.54. The number of ether oxygens (including phenoxy) is 1. The largest absolute Gasteiger partial charge is 0.508 e. The van der Waals surface area contributed by atoms with Gasteiger partial charge in [-0.1, -0.05) is 54.6 Å². The Morgan fingerprint density at radius 2 is 1.55 bits per heavy atom. The Morgan fingerprint density at radius 1 is 0.897 bits per heavy atom. The Bertz CT molecular complexity index is 954. The van der Waals surface area contributed by atoms with Crippen molar-refractivity contribution in [1.82, 2.24) is 10.2 Å². The van der Waals surface area contributed by atoms with E-state index >= 15 is 0 Å². The number of phenols is 1. The fourth-order valence-electron chi connectivity index (χ4n) is 3.58. The normalized spacial score (nSPS) is 15.6. The Hall–Kier alpha value is -3.15. The van der Waals surface area contributed by atoms with E-state index in [9.17, 15) is 9.90 Å². The fourth-order valence-corrected chi connectivity index (χ4v) is 3.58. The van der Waals surface area contributed by atoms with Gasteiger partial charge in [0.25, 0.3) is 5.91 Å². The van der Waals surface area contributed by atoms with Gasteiger partial charge in [-0.3, -0.25) is 9.69 Å². The third kappa shape index (κ3) is 4.47. The van der Waals surface area contributed by atoms with Crippen LogP contribution in [-0.2, 0) is 4.74 Å². The molecule has 148 valence electrons. The van der Waals surface area contributed by atoms with Gasteiger partial charge in [-0.15, -0.1) is 0 Å². The maximum atomic E-state index is 12.9. The minimum absolute atomic E-state index is 0.162. The first-order chi connectivity index (χ1) is 14.2. The summed E-state index contributed by atoms with van der Waals surface area (Å²) in [5.41, 5.74) is 3.32. The van der Waals surface area contributed by atoms with Crippen LogP contribution in [0.1, 0.15) is 22.1 Å². The van der Waals surface area contributed by atoms with Gasteiger partial charge in [0.1, 0.15) is 11.9 Å². The van der Waals surface area contributed by atoms with E-state index in [0.29, 0.717) is 37.4 Å². The van der Waals surface area contributed by atoms with Crippen molar-refractivity contribution in [2.75, 3.05) is 26.3 Å². The predicted octanol–water partition coefficient (Wildman–Crippen LogP) is 3.82. The molecule has 1 aliphatic heterocycles. The lowest BCUT2D eigenvalue weighted by atomic mass is 10.00. The highest BCUT2D eigenvalue weighted by molar-refractivity contribution is 5.94. The second kappa shape index (κ2) is 8.90. The summed E-state index contributed by atoms with van der Waals surface area (Å²) >= 11 is 0. The second-order valence-electron chi connectivity index (χ2n) is 7.03. The van der Waals surface area contributed by atoms with Crippen LogP contribution in [0.25, 0.3) is 11.1 Å². The first-order valence-electron chi connectivity index (χ1n) is 9.78. The summed E-state index contributed by atoms with van der Waals surface area (Å²) in [5.74, 6) is -0.0128. The zero-order chi connectivity index (χ0) is 20.1. The number of carbonyl (C=O) groups is 1. The number of aromatic hydroxyl groups is 1. The van der Waals surface area contributed by atoms with Crippen LogP contribution in [0.2, 0.25) is 0 Å². The number of nitrogens with one attached hydrogen (secondary N) is 1. The van der Waals surface area contributed by atoms with Crippen LogP contribution in [0, 0.1) is 0 Å². The molecule has 0 bridgehead atoms. The molecule has 1 atom stereocenters. The number of benzene rings is 3. The molecule has 0 aliphatic carbocycles. The molecule has 2 N–H and O–H groups in total. The quantitative estimate of drug-likeness (QED) is 0.698. The van der Waals surface area contributed by atoms with E-state index in [4.69, 9.17) is 4.74 Å². The van der Waals surface area contributed by atoms with Crippen LogP contribution in [0.15, 0.2) is 78.9 Å². The summed E-state index contributed by atoms with van der Waals surface area (Å²) in [5, 5.41) is 13.8. The molecule has 5 heteroatoms. The molecule has 0 radical (unpaired) electrons. The highest BCUT2D eigenvalue weighted by Crippen LogP contribution is 2.32. The Kier molecular flexibility index (Phi) is 5.89. The average molecular weight is 388 g/mol. The van der Waals surface area contributed by atoms with E-state index in [1.54, 1.807) is 18.2 Å². The van der Waals surface area contributed by atoms with E-state index in [-0.39, 0.29) is 11.7 Å². The number of amides is 1. The molecule has 1 fully saturated rings. The van der Waals surface area contributed by atoms with Crippen molar-refractivity contribution >= 4 is 5.91 Å². The lowest BCUT2D eigenvalue weighted by molar-refractivity contribution is 0.00800. The molecule has 3 aromatic carbocycles. The molecule has 1 saturated heterocycles. The maximum absolute atomic E-state index is 12.9. The molecule has 3 aromatic rings. The van der Waals surface area contributed by atoms with E-state index in [0.717, 1.165) is 11.1 Å². The number of nitrogens with zero attached hydrogens (tertiary/aromatic N) is 1. The van der Waals surface area contributed by atoms with Crippen molar-refractivity contribution in [2.24, 2.45) is 0 Å². The van der Waals surface area contributed by atoms with Crippen molar-refractivity contribution in [2.45, 2.75) is 6.17 Å². The van der Waals surface area contributed by atoms with Gasteiger partial charge in [-0.05, 0) is 35.4 Å². The zero-order valence-electron chi connectivity index (χ0n) is 16.1. The number of carbonyl (C=O) groups excluding carboxylic acids is 1. The van der Waals surface area contributed by atoms with Gasteiger partial charge in [-0.2, -0.15) is 0 Å². The molecule has 0 aromatic heterocycles. The average Bonchev–Trinajstić information content (AvgIpc) is 2.79. The monoisotopic (exact) mass is 388 g/mol. The highest BCUT2D eigenvalue weighted by atomic mass is 16.5. The van der Waals surface area contributed by atoms with E-state index in [2.05, 4.69) is 10.2 Å². The molecule has 1 amide bonds. The summed E-state index contributed by atoms with van der Waals surface area (Å²) in [6, 6.07) is 24.7. The topological polar surface area (TPSA) is 61.8 Å². The third-order valence-electron chi connectivity index (χ3n) is 5.14. The highest BCUT2D eigenvalue weighted by Gasteiger charge is 2.27. The van der Waals surface area contributed by atoms with Crippen molar-refractivity contribution < 1.29 is 14.6 Å². The smallest absolute Gasteiger partial charge is 0.252 e. The molecular formula is C24H24N2O3. The number of hydrogen-bond acceptors (Lipinski definition) is 4. The van der Waals surface area contributed by atoms with Crippen LogP contribution in [-0.4, -0.2) is 42.2 Å². The van der Waals surface area contributed by atoms with Crippen molar-refractivity contribution in [1.29, 1.82) is 0 Å². The van der Waals surface area contributed by atoms with Crippen molar-refractivity contribution in [3.05, 3.63) is 90.0 Å². The van der Waals surface area contributed by atoms with Gasteiger partial charge in [0.15, 0.2) is 0 Å². The summed E-state index contributed by atoms with van der Waals surface area (Å²) in [7, 11) is 0. The van der Waals surface area contributed by atoms with Gasteiger partial charge >= 0.3 is 0 Å². The third-order valence-corrected chi connectivity index (χ3v) is 5.14. The van der Waals surface area contributed by atoms with Crippen LogP contribution < -0.4 is 5.32 Å². The number of phenolic OH excluding ortho intramolecular Hbond substituents is 1. The van der Waals surface area contributed by atoms with Gasteiger partial charge in [-0.25, -0.2) is 0 Å². The predicted molar refractivity (Wildman–Crippen MR) is 113 cm³/mol. The van der Waals surface area contributed by atoms with E-state index in [1.165, 1.54) is 0 Å². The molecule has 29 heavy (non-hydrogen) atoms. The lowest BCUT2D eigenvalue weighted by Gasteiger charge is -2.35. The van der Waals surface area contributed by atoms with Crippen LogP contribution >= 0.6 is 0 Å². The van der Waals surface area contributed by atoms with Gasteiger partial charge < -0.3 is 15.2 Å². The summed E-state index contributed by atoms with van der Waals surface area (Å²) in [4.78, 5) is 15.0. The Balaban J connectivity index is 1.69. The minimum atomic E-state index is -0.449. The SMILES string of the molecule is O=C(NC(c1cc(-c2ccccc2)ccc1O)N1CCOCC1)c1ccccc1. The Morgan fingerprint density at radius 3 is 2.24 bits per heavy atom. The number of hydrogen-bond donors (Lipinski definition) is 2. The summed E-state index contributed by atoms with van der Waals surface area (Å²) < 4.78 is 5.48. The van der Waals surface area contributed by atoms with E-state index in [1.807, 2.05) is 60.7 Å². The van der Waals surface area contributed by atoms with Crippen LogP contribution in [0.5, 0.6) is 5.75 Å². The molecular weight excluding hydrogens is 364 g/mol. The molecule has 1 aliphatic rings. The van der Waals surface area contributed by atoms with Gasteiger partial charge in [0.05, 0.1) is 13.2 Å². The summed E-state index contributed by atoms with van der Waals surface area (Å²) in [6.07, 6.45) is -0.449.